The van der Waals surface area contributed by atoms with Crippen LogP contribution in [0.25, 0.3) is 0 Å². The highest BCUT2D eigenvalue weighted by atomic mass is 79.9. The average molecular weight is 304 g/mol. The average Bonchev–Trinajstić information content (AvgIpc) is 2.23. The molecule has 96 valence electrons. The summed E-state index contributed by atoms with van der Waals surface area (Å²) in [6.45, 7) is 6.12. The predicted octanol–water partition coefficient (Wildman–Crippen LogP) is 4.20. The van der Waals surface area contributed by atoms with E-state index in [-0.39, 0.29) is 17.5 Å². The lowest BCUT2D eigenvalue weighted by Gasteiger charge is -2.27. The van der Waals surface area contributed by atoms with Crippen molar-refractivity contribution < 1.29 is 9.13 Å². The first-order chi connectivity index (χ1) is 7.84. The number of methoxy groups -OCH3 is 1. The lowest BCUT2D eigenvalue weighted by Crippen LogP contribution is -2.31. The van der Waals surface area contributed by atoms with Gasteiger partial charge in [0.25, 0.3) is 0 Å². The summed E-state index contributed by atoms with van der Waals surface area (Å²) in [7, 11) is 1.70. The van der Waals surface area contributed by atoms with Gasteiger partial charge in [-0.2, -0.15) is 0 Å². The molecule has 17 heavy (non-hydrogen) atoms. The monoisotopic (exact) mass is 303 g/mol. The van der Waals surface area contributed by atoms with Gasteiger partial charge in [0.2, 0.25) is 0 Å². The summed E-state index contributed by atoms with van der Waals surface area (Å²) in [4.78, 5) is 0. The minimum absolute atomic E-state index is 0.188. The second kappa shape index (κ2) is 5.83. The van der Waals surface area contributed by atoms with E-state index < -0.39 is 0 Å². The summed E-state index contributed by atoms with van der Waals surface area (Å²) in [5.74, 6) is -0.242. The van der Waals surface area contributed by atoms with Crippen LogP contribution in [0.2, 0.25) is 0 Å². The van der Waals surface area contributed by atoms with E-state index in [1.807, 2.05) is 13.8 Å². The number of rotatable bonds is 5. The molecule has 4 heteroatoms. The van der Waals surface area contributed by atoms with E-state index in [0.29, 0.717) is 0 Å². The van der Waals surface area contributed by atoms with Gasteiger partial charge in [0, 0.05) is 17.6 Å². The molecule has 1 rings (SSSR count). The second-order valence-corrected chi connectivity index (χ2v) is 5.69. The zero-order valence-electron chi connectivity index (χ0n) is 10.7. The van der Waals surface area contributed by atoms with E-state index in [0.717, 1.165) is 16.6 Å². The lowest BCUT2D eigenvalue weighted by molar-refractivity contribution is 0.0128. The third-order valence-corrected chi connectivity index (χ3v) is 3.37. The fourth-order valence-electron chi connectivity index (χ4n) is 1.75. The van der Waals surface area contributed by atoms with Crippen LogP contribution in [0.3, 0.4) is 0 Å². The zero-order chi connectivity index (χ0) is 13.1. The summed E-state index contributed by atoms with van der Waals surface area (Å²) in [5.41, 5.74) is 0.580. The highest BCUT2D eigenvalue weighted by Gasteiger charge is 2.20. The van der Waals surface area contributed by atoms with Gasteiger partial charge in [0.05, 0.1) is 11.3 Å². The molecular formula is C13H19BrFNO. The Bertz CT molecular complexity index is 382. The Kier molecular flexibility index (Phi) is 4.95. The van der Waals surface area contributed by atoms with Gasteiger partial charge in [-0.15, -0.1) is 0 Å². The fourth-order valence-corrected chi connectivity index (χ4v) is 2.11. The minimum atomic E-state index is -0.242. The smallest absolute Gasteiger partial charge is 0.125 e. The number of hydrogen-bond donors (Lipinski definition) is 1. The van der Waals surface area contributed by atoms with Crippen molar-refractivity contribution in [3.63, 3.8) is 0 Å². The number of hydrogen-bond acceptors (Lipinski definition) is 2. The predicted molar refractivity (Wildman–Crippen MR) is 72.9 cm³/mol. The van der Waals surface area contributed by atoms with Crippen LogP contribution >= 0.6 is 15.9 Å². The number of ether oxygens (including phenoxy) is 1. The molecule has 0 aliphatic carbocycles. The first-order valence-electron chi connectivity index (χ1n) is 5.61. The molecule has 0 saturated heterocycles. The maximum Gasteiger partial charge on any atom is 0.125 e. The summed E-state index contributed by atoms with van der Waals surface area (Å²) in [6, 6.07) is 4.81. The molecule has 0 fully saturated rings. The van der Waals surface area contributed by atoms with E-state index in [1.54, 1.807) is 13.2 Å². The Morgan fingerprint density at radius 2 is 2.12 bits per heavy atom. The molecule has 1 N–H and O–H groups in total. The van der Waals surface area contributed by atoms with Crippen LogP contribution in [0.4, 0.5) is 10.1 Å². The first kappa shape index (κ1) is 14.5. The molecule has 0 spiro atoms. The maximum atomic E-state index is 13.1. The summed E-state index contributed by atoms with van der Waals surface area (Å²) in [5, 5.41) is 3.27. The van der Waals surface area contributed by atoms with Gasteiger partial charge in [0.1, 0.15) is 5.82 Å². The van der Waals surface area contributed by atoms with Crippen molar-refractivity contribution in [2.75, 3.05) is 12.4 Å². The largest absolute Gasteiger partial charge is 0.381 e. The molecule has 0 saturated carbocycles. The van der Waals surface area contributed by atoms with E-state index in [1.165, 1.54) is 12.1 Å². The molecule has 2 nitrogen and oxygen atoms in total. The molecule has 0 aliphatic heterocycles. The highest BCUT2D eigenvalue weighted by molar-refractivity contribution is 9.10. The number of anilines is 1. The van der Waals surface area contributed by atoms with Gasteiger partial charge in [-0.25, -0.2) is 4.39 Å². The fraction of sp³-hybridized carbons (Fsp3) is 0.538. The third-order valence-electron chi connectivity index (χ3n) is 2.68. The molecule has 0 radical (unpaired) electrons. The second-order valence-electron chi connectivity index (χ2n) is 4.84. The topological polar surface area (TPSA) is 21.3 Å². The Balaban J connectivity index is 2.68. The summed E-state index contributed by atoms with van der Waals surface area (Å²) >= 11 is 3.40. The standard InChI is InChI=1S/C13H19BrFNO/c1-9(8-13(2,3)17-4)16-12-7-10(15)5-6-11(12)14/h5-7,9,16H,8H2,1-4H3. The minimum Gasteiger partial charge on any atom is -0.381 e. The summed E-state index contributed by atoms with van der Waals surface area (Å²) < 4.78 is 19.4. The van der Waals surface area contributed by atoms with E-state index in [2.05, 4.69) is 28.2 Å². The highest BCUT2D eigenvalue weighted by Crippen LogP contribution is 2.25. The number of halogens is 2. The van der Waals surface area contributed by atoms with Gasteiger partial charge in [-0.05, 0) is 61.3 Å². The van der Waals surface area contributed by atoms with Crippen LogP contribution in [-0.2, 0) is 4.74 Å². The Morgan fingerprint density at radius 1 is 1.47 bits per heavy atom. The van der Waals surface area contributed by atoms with E-state index in [4.69, 9.17) is 4.74 Å². The summed E-state index contributed by atoms with van der Waals surface area (Å²) in [6.07, 6.45) is 0.840. The van der Waals surface area contributed by atoms with Gasteiger partial charge < -0.3 is 10.1 Å². The quantitative estimate of drug-likeness (QED) is 0.880. The van der Waals surface area contributed by atoms with Crippen molar-refractivity contribution in [1.29, 1.82) is 0 Å². The lowest BCUT2D eigenvalue weighted by atomic mass is 10.00. The van der Waals surface area contributed by atoms with Crippen molar-refractivity contribution >= 4 is 21.6 Å². The number of nitrogens with one attached hydrogen (secondary N) is 1. The molecule has 0 bridgehead atoms. The first-order valence-corrected chi connectivity index (χ1v) is 6.40. The maximum absolute atomic E-state index is 13.1. The molecule has 0 amide bonds. The van der Waals surface area contributed by atoms with Gasteiger partial charge in [-0.3, -0.25) is 0 Å². The van der Waals surface area contributed by atoms with Crippen LogP contribution in [-0.4, -0.2) is 18.8 Å². The van der Waals surface area contributed by atoms with Crippen molar-refractivity contribution in [3.05, 3.63) is 28.5 Å². The van der Waals surface area contributed by atoms with Gasteiger partial charge >= 0.3 is 0 Å². The van der Waals surface area contributed by atoms with Crippen LogP contribution < -0.4 is 5.32 Å². The molecule has 0 aromatic heterocycles. The normalized spacial score (nSPS) is 13.5. The van der Waals surface area contributed by atoms with Crippen LogP contribution in [0.1, 0.15) is 27.2 Å². The molecule has 0 heterocycles. The van der Waals surface area contributed by atoms with Crippen LogP contribution in [0.15, 0.2) is 22.7 Å². The molecule has 1 atom stereocenters. The Labute approximate surface area is 111 Å². The molecule has 1 aromatic carbocycles. The van der Waals surface area contributed by atoms with Gasteiger partial charge in [0.15, 0.2) is 0 Å². The Hall–Kier alpha value is -0.610. The molecule has 0 aliphatic rings. The van der Waals surface area contributed by atoms with Crippen LogP contribution in [0.5, 0.6) is 0 Å². The van der Waals surface area contributed by atoms with E-state index in [9.17, 15) is 4.39 Å². The van der Waals surface area contributed by atoms with Gasteiger partial charge in [-0.1, -0.05) is 0 Å². The van der Waals surface area contributed by atoms with Crippen LogP contribution in [0, 0.1) is 5.82 Å². The molecule has 1 aromatic rings. The zero-order valence-corrected chi connectivity index (χ0v) is 12.3. The van der Waals surface area contributed by atoms with Crippen molar-refractivity contribution in [2.24, 2.45) is 0 Å². The third kappa shape index (κ3) is 4.64. The molecule has 1 unspecified atom stereocenters. The Morgan fingerprint density at radius 3 is 2.71 bits per heavy atom. The molecular weight excluding hydrogens is 285 g/mol. The van der Waals surface area contributed by atoms with Crippen molar-refractivity contribution in [2.45, 2.75) is 38.8 Å². The van der Waals surface area contributed by atoms with Crippen molar-refractivity contribution in [1.82, 2.24) is 0 Å². The van der Waals surface area contributed by atoms with Crippen molar-refractivity contribution in [3.8, 4) is 0 Å². The SMILES string of the molecule is COC(C)(C)CC(C)Nc1cc(F)ccc1Br. The number of benzene rings is 1. The van der Waals surface area contributed by atoms with E-state index >= 15 is 0 Å².